The van der Waals surface area contributed by atoms with Crippen molar-refractivity contribution < 1.29 is 0 Å². The first-order chi connectivity index (χ1) is 7.11. The van der Waals surface area contributed by atoms with Crippen molar-refractivity contribution in [3.63, 3.8) is 0 Å². The fourth-order valence-corrected chi connectivity index (χ4v) is 2.85. The first kappa shape index (κ1) is 13.1. The molecule has 0 bridgehead atoms. The van der Waals surface area contributed by atoms with Crippen molar-refractivity contribution >= 4 is 0 Å². The van der Waals surface area contributed by atoms with Crippen LogP contribution in [-0.2, 0) is 0 Å². The zero-order valence-electron chi connectivity index (χ0n) is 11.1. The minimum absolute atomic E-state index is 0.536. The lowest BCUT2D eigenvalue weighted by Gasteiger charge is -2.31. The Kier molecular flexibility index (Phi) is 5.71. The molecule has 0 nitrogen and oxygen atoms in total. The van der Waals surface area contributed by atoms with E-state index in [1.807, 2.05) is 0 Å². The van der Waals surface area contributed by atoms with Crippen LogP contribution in [0, 0.1) is 11.3 Å². The molecule has 0 aromatic heterocycles. The van der Waals surface area contributed by atoms with Gasteiger partial charge in [0.25, 0.3) is 0 Å². The molecule has 0 unspecified atom stereocenters. The summed E-state index contributed by atoms with van der Waals surface area (Å²) in [6.07, 6.45) is 14.8. The molecule has 0 N–H and O–H groups in total. The van der Waals surface area contributed by atoms with Crippen LogP contribution in [0.5, 0.6) is 0 Å². The van der Waals surface area contributed by atoms with Crippen LogP contribution in [0.3, 0.4) is 0 Å². The molecular formula is C15H30. The summed E-state index contributed by atoms with van der Waals surface area (Å²) in [4.78, 5) is 0. The van der Waals surface area contributed by atoms with Crippen molar-refractivity contribution in [1.82, 2.24) is 0 Å². The standard InChI is InChI=1S/C15H30/c1-15(2,3)14-12-10-8-6-4-5-7-9-11-13-14/h14H,4-13H2,1-3H3. The average Bonchev–Trinajstić information content (AvgIpc) is 2.20. The van der Waals surface area contributed by atoms with Gasteiger partial charge in [0.2, 0.25) is 0 Å². The normalized spacial score (nSPS) is 23.4. The van der Waals surface area contributed by atoms with E-state index in [9.17, 15) is 0 Å². The van der Waals surface area contributed by atoms with Crippen molar-refractivity contribution in [3.05, 3.63) is 0 Å². The zero-order chi connectivity index (χ0) is 11.1. The van der Waals surface area contributed by atoms with Crippen LogP contribution in [0.1, 0.15) is 85.0 Å². The molecular weight excluding hydrogens is 180 g/mol. The van der Waals surface area contributed by atoms with Gasteiger partial charge in [0, 0.05) is 0 Å². The summed E-state index contributed by atoms with van der Waals surface area (Å²) in [5.74, 6) is 0.968. The molecule has 1 aliphatic rings. The van der Waals surface area contributed by atoms with Crippen molar-refractivity contribution in [1.29, 1.82) is 0 Å². The largest absolute Gasteiger partial charge is 0.0599 e. The highest BCUT2D eigenvalue weighted by atomic mass is 14.3. The Bertz CT molecular complexity index is 140. The highest BCUT2D eigenvalue weighted by Crippen LogP contribution is 2.35. The van der Waals surface area contributed by atoms with Gasteiger partial charge in [0.1, 0.15) is 0 Å². The second kappa shape index (κ2) is 6.55. The van der Waals surface area contributed by atoms with Gasteiger partial charge in [0.15, 0.2) is 0 Å². The third-order valence-electron chi connectivity index (χ3n) is 4.08. The Hall–Kier alpha value is 0. The van der Waals surface area contributed by atoms with Gasteiger partial charge in [-0.2, -0.15) is 0 Å². The van der Waals surface area contributed by atoms with Crippen LogP contribution in [0.15, 0.2) is 0 Å². The van der Waals surface area contributed by atoms with Gasteiger partial charge in [-0.15, -0.1) is 0 Å². The lowest BCUT2D eigenvalue weighted by Crippen LogP contribution is -2.20. The van der Waals surface area contributed by atoms with E-state index in [1.54, 1.807) is 0 Å². The summed E-state index contributed by atoms with van der Waals surface area (Å²) < 4.78 is 0. The maximum atomic E-state index is 2.43. The summed E-state index contributed by atoms with van der Waals surface area (Å²) in [7, 11) is 0. The molecule has 0 saturated heterocycles. The van der Waals surface area contributed by atoms with E-state index in [2.05, 4.69) is 20.8 Å². The summed E-state index contributed by atoms with van der Waals surface area (Å²) in [5, 5.41) is 0. The molecule has 15 heavy (non-hydrogen) atoms. The van der Waals surface area contributed by atoms with Gasteiger partial charge in [0.05, 0.1) is 0 Å². The maximum Gasteiger partial charge on any atom is -0.0354 e. The minimum atomic E-state index is 0.536. The lowest BCUT2D eigenvalue weighted by atomic mass is 9.75. The lowest BCUT2D eigenvalue weighted by molar-refractivity contribution is 0.202. The number of hydrogen-bond donors (Lipinski definition) is 0. The van der Waals surface area contributed by atoms with E-state index in [0.29, 0.717) is 5.41 Å². The maximum absolute atomic E-state index is 2.43. The van der Waals surface area contributed by atoms with E-state index >= 15 is 0 Å². The van der Waals surface area contributed by atoms with Gasteiger partial charge in [-0.05, 0) is 24.2 Å². The fourth-order valence-electron chi connectivity index (χ4n) is 2.85. The SMILES string of the molecule is CC(C)(C)C1CCCCCCCCCC1. The number of rotatable bonds is 0. The van der Waals surface area contributed by atoms with Crippen LogP contribution in [0.4, 0.5) is 0 Å². The molecule has 1 fully saturated rings. The van der Waals surface area contributed by atoms with Crippen LogP contribution in [0.2, 0.25) is 0 Å². The minimum Gasteiger partial charge on any atom is -0.0599 e. The van der Waals surface area contributed by atoms with E-state index in [-0.39, 0.29) is 0 Å². The van der Waals surface area contributed by atoms with Gasteiger partial charge < -0.3 is 0 Å². The second-order valence-electron chi connectivity index (χ2n) is 6.47. The summed E-state index contributed by atoms with van der Waals surface area (Å²) in [6, 6.07) is 0. The smallest absolute Gasteiger partial charge is 0.0354 e. The Morgan fingerprint density at radius 1 is 0.600 bits per heavy atom. The molecule has 0 aliphatic heterocycles. The molecule has 0 heteroatoms. The molecule has 1 saturated carbocycles. The number of hydrogen-bond acceptors (Lipinski definition) is 0. The van der Waals surface area contributed by atoms with Crippen molar-refractivity contribution in [2.45, 2.75) is 85.0 Å². The molecule has 0 spiro atoms. The Labute approximate surface area is 96.8 Å². The fraction of sp³-hybridized carbons (Fsp3) is 1.00. The Balaban J connectivity index is 2.39. The molecule has 0 heterocycles. The zero-order valence-corrected chi connectivity index (χ0v) is 11.1. The molecule has 0 amide bonds. The van der Waals surface area contributed by atoms with Gasteiger partial charge >= 0.3 is 0 Å². The first-order valence-corrected chi connectivity index (χ1v) is 7.11. The Morgan fingerprint density at radius 2 is 0.933 bits per heavy atom. The highest BCUT2D eigenvalue weighted by molar-refractivity contribution is 4.74. The van der Waals surface area contributed by atoms with Crippen molar-refractivity contribution in [2.75, 3.05) is 0 Å². The topological polar surface area (TPSA) is 0 Å². The third kappa shape index (κ3) is 5.58. The quantitative estimate of drug-likeness (QED) is 0.491. The average molecular weight is 210 g/mol. The molecule has 1 aliphatic carbocycles. The van der Waals surface area contributed by atoms with Gasteiger partial charge in [-0.25, -0.2) is 0 Å². The van der Waals surface area contributed by atoms with Gasteiger partial charge in [-0.1, -0.05) is 72.1 Å². The van der Waals surface area contributed by atoms with E-state index in [4.69, 9.17) is 0 Å². The summed E-state index contributed by atoms with van der Waals surface area (Å²) in [5.41, 5.74) is 0.536. The third-order valence-corrected chi connectivity index (χ3v) is 4.08. The predicted octanol–water partition coefficient (Wildman–Crippen LogP) is 5.56. The molecule has 0 aromatic carbocycles. The highest BCUT2D eigenvalue weighted by Gasteiger charge is 2.23. The molecule has 90 valence electrons. The van der Waals surface area contributed by atoms with E-state index in [0.717, 1.165) is 5.92 Å². The molecule has 0 radical (unpaired) electrons. The predicted molar refractivity (Wildman–Crippen MR) is 69.1 cm³/mol. The van der Waals surface area contributed by atoms with Crippen LogP contribution < -0.4 is 0 Å². The molecule has 1 rings (SSSR count). The van der Waals surface area contributed by atoms with Gasteiger partial charge in [-0.3, -0.25) is 0 Å². The van der Waals surface area contributed by atoms with E-state index < -0.39 is 0 Å². The molecule has 0 aromatic rings. The second-order valence-corrected chi connectivity index (χ2v) is 6.47. The molecule has 0 atom stereocenters. The van der Waals surface area contributed by atoms with Crippen LogP contribution >= 0.6 is 0 Å². The Morgan fingerprint density at radius 3 is 1.27 bits per heavy atom. The van der Waals surface area contributed by atoms with Crippen molar-refractivity contribution in [3.8, 4) is 0 Å². The van der Waals surface area contributed by atoms with Crippen molar-refractivity contribution in [2.24, 2.45) is 11.3 Å². The van der Waals surface area contributed by atoms with Crippen LogP contribution in [0.25, 0.3) is 0 Å². The summed E-state index contributed by atoms with van der Waals surface area (Å²) >= 11 is 0. The van der Waals surface area contributed by atoms with E-state index in [1.165, 1.54) is 64.2 Å². The van der Waals surface area contributed by atoms with Crippen LogP contribution in [-0.4, -0.2) is 0 Å². The summed E-state index contributed by atoms with van der Waals surface area (Å²) in [6.45, 7) is 7.28. The monoisotopic (exact) mass is 210 g/mol. The first-order valence-electron chi connectivity index (χ1n) is 7.11.